The van der Waals surface area contributed by atoms with Crippen molar-refractivity contribution in [1.29, 1.82) is 0 Å². The van der Waals surface area contributed by atoms with Crippen molar-refractivity contribution in [2.24, 2.45) is 0 Å². The number of ether oxygens (including phenoxy) is 1. The second kappa shape index (κ2) is 3.63. The third kappa shape index (κ3) is 1.46. The Labute approximate surface area is 74.5 Å². The highest BCUT2D eigenvalue weighted by Gasteiger charge is 2.11. The molecule has 1 aromatic rings. The largest absolute Gasteiger partial charge is 0.502 e. The van der Waals surface area contributed by atoms with Crippen LogP contribution >= 0.6 is 11.6 Å². The molecule has 1 rings (SSSR count). The molecule has 0 unspecified atom stereocenters. The summed E-state index contributed by atoms with van der Waals surface area (Å²) in [5.41, 5.74) is 0.259. The van der Waals surface area contributed by atoms with E-state index in [9.17, 15) is 4.39 Å². The fourth-order valence-corrected chi connectivity index (χ4v) is 1.06. The van der Waals surface area contributed by atoms with E-state index >= 15 is 0 Å². The van der Waals surface area contributed by atoms with E-state index < -0.39 is 11.6 Å². The van der Waals surface area contributed by atoms with Crippen LogP contribution in [0.15, 0.2) is 12.1 Å². The molecular formula is C8H8ClFO2. The lowest BCUT2D eigenvalue weighted by atomic mass is 10.2. The zero-order chi connectivity index (χ0) is 9.14. The van der Waals surface area contributed by atoms with Crippen LogP contribution in [0.3, 0.4) is 0 Å². The Morgan fingerprint density at radius 2 is 2.25 bits per heavy atom. The van der Waals surface area contributed by atoms with Gasteiger partial charge >= 0.3 is 0 Å². The Morgan fingerprint density at radius 1 is 1.58 bits per heavy atom. The lowest BCUT2D eigenvalue weighted by Gasteiger charge is -2.05. The molecule has 0 amide bonds. The summed E-state index contributed by atoms with van der Waals surface area (Å²) >= 11 is 5.41. The highest BCUT2D eigenvalue weighted by atomic mass is 35.5. The van der Waals surface area contributed by atoms with Gasteiger partial charge in [0.15, 0.2) is 17.3 Å². The molecule has 0 saturated heterocycles. The van der Waals surface area contributed by atoms with Gasteiger partial charge in [-0.15, -0.1) is 11.6 Å². The van der Waals surface area contributed by atoms with Crippen LogP contribution in [0.2, 0.25) is 0 Å². The minimum absolute atomic E-state index is 0.0311. The number of phenolic OH excluding ortho intramolecular Hbond substituents is 1. The Morgan fingerprint density at radius 3 is 2.75 bits per heavy atom. The molecule has 0 spiro atoms. The Hall–Kier alpha value is -0.960. The third-order valence-electron chi connectivity index (χ3n) is 1.52. The normalized spacial score (nSPS) is 9.92. The van der Waals surface area contributed by atoms with E-state index in [1.165, 1.54) is 19.2 Å². The van der Waals surface area contributed by atoms with Crippen LogP contribution in [-0.2, 0) is 5.88 Å². The van der Waals surface area contributed by atoms with Crippen molar-refractivity contribution < 1.29 is 14.2 Å². The molecular weight excluding hydrogens is 183 g/mol. The van der Waals surface area contributed by atoms with Gasteiger partial charge in [-0.05, 0) is 6.07 Å². The number of benzene rings is 1. The quantitative estimate of drug-likeness (QED) is 0.725. The van der Waals surface area contributed by atoms with Crippen LogP contribution in [0, 0.1) is 5.82 Å². The molecule has 1 N–H and O–H groups in total. The van der Waals surface area contributed by atoms with Crippen LogP contribution < -0.4 is 4.74 Å². The Bertz CT molecular complexity index is 260. The number of hydrogen-bond acceptors (Lipinski definition) is 2. The summed E-state index contributed by atoms with van der Waals surface area (Å²) in [6.07, 6.45) is 0. The van der Waals surface area contributed by atoms with E-state index in [1.54, 1.807) is 0 Å². The first-order valence-electron chi connectivity index (χ1n) is 3.31. The van der Waals surface area contributed by atoms with Crippen molar-refractivity contribution in [2.45, 2.75) is 5.88 Å². The molecule has 0 radical (unpaired) electrons. The fraction of sp³-hybridized carbons (Fsp3) is 0.250. The van der Waals surface area contributed by atoms with Crippen molar-refractivity contribution in [1.82, 2.24) is 0 Å². The van der Waals surface area contributed by atoms with Gasteiger partial charge in [-0.25, -0.2) is 4.39 Å². The zero-order valence-corrected chi connectivity index (χ0v) is 7.23. The van der Waals surface area contributed by atoms with Crippen molar-refractivity contribution in [3.05, 3.63) is 23.5 Å². The van der Waals surface area contributed by atoms with Gasteiger partial charge in [0.05, 0.1) is 13.0 Å². The average molecular weight is 191 g/mol. The van der Waals surface area contributed by atoms with Gasteiger partial charge in [0.25, 0.3) is 0 Å². The van der Waals surface area contributed by atoms with Gasteiger partial charge in [0, 0.05) is 5.56 Å². The van der Waals surface area contributed by atoms with Gasteiger partial charge < -0.3 is 9.84 Å². The molecule has 0 atom stereocenters. The Balaban J connectivity index is 3.20. The number of phenols is 1. The molecule has 12 heavy (non-hydrogen) atoms. The number of alkyl halides is 1. The summed E-state index contributed by atoms with van der Waals surface area (Å²) in [4.78, 5) is 0. The summed E-state index contributed by atoms with van der Waals surface area (Å²) < 4.78 is 17.7. The molecule has 2 nitrogen and oxygen atoms in total. The van der Waals surface area contributed by atoms with Crippen molar-refractivity contribution in [2.75, 3.05) is 7.11 Å². The molecule has 66 valence electrons. The minimum atomic E-state index is -0.718. The van der Waals surface area contributed by atoms with Crippen LogP contribution in [0.4, 0.5) is 4.39 Å². The molecule has 0 bridgehead atoms. The molecule has 1 aromatic carbocycles. The van der Waals surface area contributed by atoms with Crippen molar-refractivity contribution >= 4 is 11.6 Å². The molecule has 4 heteroatoms. The average Bonchev–Trinajstić information content (AvgIpc) is 2.10. The smallest absolute Gasteiger partial charge is 0.194 e. The highest BCUT2D eigenvalue weighted by Crippen LogP contribution is 2.31. The van der Waals surface area contributed by atoms with E-state index in [0.29, 0.717) is 0 Å². The summed E-state index contributed by atoms with van der Waals surface area (Å²) in [5, 5.41) is 9.15. The maximum atomic E-state index is 13.0. The molecule has 0 aliphatic heterocycles. The third-order valence-corrected chi connectivity index (χ3v) is 1.81. The SMILES string of the molecule is COc1ccc(CCl)c(F)c1O. The van der Waals surface area contributed by atoms with Gasteiger partial charge in [-0.3, -0.25) is 0 Å². The maximum Gasteiger partial charge on any atom is 0.194 e. The molecule has 0 fully saturated rings. The van der Waals surface area contributed by atoms with Crippen molar-refractivity contribution in [3.63, 3.8) is 0 Å². The fourth-order valence-electron chi connectivity index (χ4n) is 0.857. The van der Waals surface area contributed by atoms with E-state index in [2.05, 4.69) is 0 Å². The van der Waals surface area contributed by atoms with E-state index in [1.807, 2.05) is 0 Å². The van der Waals surface area contributed by atoms with Gasteiger partial charge in [-0.2, -0.15) is 0 Å². The number of hydrogen-bond donors (Lipinski definition) is 1. The predicted octanol–water partition coefficient (Wildman–Crippen LogP) is 2.28. The van der Waals surface area contributed by atoms with Gasteiger partial charge in [0.2, 0.25) is 0 Å². The number of rotatable bonds is 2. The summed E-state index contributed by atoms with van der Waals surface area (Å²) in [7, 11) is 1.36. The number of methoxy groups -OCH3 is 1. The standard InChI is InChI=1S/C8H8ClFO2/c1-12-6-3-2-5(4-9)7(10)8(6)11/h2-3,11H,4H2,1H3. The second-order valence-electron chi connectivity index (χ2n) is 2.22. The lowest BCUT2D eigenvalue weighted by Crippen LogP contribution is -1.90. The van der Waals surface area contributed by atoms with Crippen LogP contribution in [-0.4, -0.2) is 12.2 Å². The summed E-state index contributed by atoms with van der Waals surface area (Å²) in [6, 6.07) is 2.94. The summed E-state index contributed by atoms with van der Waals surface area (Å²) in [6.45, 7) is 0. The predicted molar refractivity (Wildman–Crippen MR) is 44.2 cm³/mol. The van der Waals surface area contributed by atoms with Crippen LogP contribution in [0.25, 0.3) is 0 Å². The number of halogens is 2. The first-order chi connectivity index (χ1) is 5.70. The molecule has 0 heterocycles. The lowest BCUT2D eigenvalue weighted by molar-refractivity contribution is 0.356. The van der Waals surface area contributed by atoms with E-state index in [-0.39, 0.29) is 17.2 Å². The van der Waals surface area contributed by atoms with Gasteiger partial charge in [-0.1, -0.05) is 6.07 Å². The van der Waals surface area contributed by atoms with Crippen molar-refractivity contribution in [3.8, 4) is 11.5 Å². The molecule has 0 aliphatic rings. The maximum absolute atomic E-state index is 13.0. The number of aromatic hydroxyl groups is 1. The summed E-state index contributed by atoms with van der Waals surface area (Å²) in [5.74, 6) is -1.06. The van der Waals surface area contributed by atoms with E-state index in [4.69, 9.17) is 21.4 Å². The Kier molecular flexibility index (Phi) is 2.76. The zero-order valence-electron chi connectivity index (χ0n) is 6.47. The van der Waals surface area contributed by atoms with Crippen LogP contribution in [0.5, 0.6) is 11.5 Å². The first-order valence-corrected chi connectivity index (χ1v) is 3.84. The minimum Gasteiger partial charge on any atom is -0.502 e. The van der Waals surface area contributed by atoms with E-state index in [0.717, 1.165) is 0 Å². The molecule has 0 saturated carbocycles. The van der Waals surface area contributed by atoms with Crippen LogP contribution in [0.1, 0.15) is 5.56 Å². The highest BCUT2D eigenvalue weighted by molar-refractivity contribution is 6.17. The van der Waals surface area contributed by atoms with Gasteiger partial charge in [0.1, 0.15) is 0 Å². The topological polar surface area (TPSA) is 29.5 Å². The molecule has 0 aromatic heterocycles. The second-order valence-corrected chi connectivity index (χ2v) is 2.49. The first kappa shape index (κ1) is 9.13. The monoisotopic (exact) mass is 190 g/mol. The molecule has 0 aliphatic carbocycles.